The fourth-order valence-corrected chi connectivity index (χ4v) is 3.84. The molecule has 0 aromatic carbocycles. The lowest BCUT2D eigenvalue weighted by molar-refractivity contribution is 0.0958. The summed E-state index contributed by atoms with van der Waals surface area (Å²) in [5, 5.41) is 2.65. The lowest BCUT2D eigenvalue weighted by Crippen LogP contribution is -2.35. The Bertz CT molecular complexity index is 1240. The molecule has 4 heterocycles. The van der Waals surface area contributed by atoms with Crippen LogP contribution in [-0.4, -0.2) is 52.1 Å². The van der Waals surface area contributed by atoms with Crippen LogP contribution in [0.3, 0.4) is 0 Å². The molecule has 1 atom stereocenters. The van der Waals surface area contributed by atoms with Gasteiger partial charge in [0.25, 0.3) is 11.5 Å². The minimum Gasteiger partial charge on any atom is -0.354 e. The summed E-state index contributed by atoms with van der Waals surface area (Å²) in [6, 6.07) is 5.15. The Kier molecular flexibility index (Phi) is 5.84. The number of hydrogen-bond acceptors (Lipinski definition) is 5. The Morgan fingerprint density at radius 3 is 2.84 bits per heavy atom. The first kappa shape index (κ1) is 21.1. The molecule has 0 fully saturated rings. The molecule has 0 radical (unpaired) electrons. The van der Waals surface area contributed by atoms with Crippen LogP contribution in [0.25, 0.3) is 16.6 Å². The van der Waals surface area contributed by atoms with E-state index in [0.717, 1.165) is 5.56 Å². The smallest absolute Gasteiger partial charge is 0.269 e. The average Bonchev–Trinajstić information content (AvgIpc) is 2.77. The monoisotopic (exact) mass is 441 g/mol. The van der Waals surface area contributed by atoms with Gasteiger partial charge in [0.05, 0.1) is 11.0 Å². The van der Waals surface area contributed by atoms with Crippen LogP contribution in [0.5, 0.6) is 0 Å². The van der Waals surface area contributed by atoms with Gasteiger partial charge in [-0.2, -0.15) is 0 Å². The number of rotatable bonds is 4. The summed E-state index contributed by atoms with van der Waals surface area (Å²) < 4.78 is 14.9. The van der Waals surface area contributed by atoms with Gasteiger partial charge in [-0.25, -0.2) is 4.39 Å². The van der Waals surface area contributed by atoms with E-state index >= 15 is 0 Å². The van der Waals surface area contributed by atoms with Crippen LogP contribution in [0.2, 0.25) is 5.02 Å². The van der Waals surface area contributed by atoms with E-state index in [1.807, 2.05) is 17.0 Å². The summed E-state index contributed by atoms with van der Waals surface area (Å²) in [7, 11) is 1.53. The van der Waals surface area contributed by atoms with Gasteiger partial charge in [0.15, 0.2) is 0 Å². The van der Waals surface area contributed by atoms with Crippen LogP contribution in [0.4, 0.5) is 4.39 Å². The summed E-state index contributed by atoms with van der Waals surface area (Å²) in [5.74, 6) is -0.282. The molecule has 1 aliphatic heterocycles. The molecule has 3 aromatic heterocycles. The molecule has 0 bridgehead atoms. The third kappa shape index (κ3) is 4.22. The van der Waals surface area contributed by atoms with Crippen molar-refractivity contribution < 1.29 is 9.18 Å². The molecule has 1 aliphatic rings. The van der Waals surface area contributed by atoms with Crippen molar-refractivity contribution in [2.75, 3.05) is 20.1 Å². The lowest BCUT2D eigenvalue weighted by Gasteiger charge is -2.29. The van der Waals surface area contributed by atoms with Crippen LogP contribution in [0.15, 0.2) is 41.5 Å². The van der Waals surface area contributed by atoms with E-state index in [4.69, 9.17) is 11.6 Å². The van der Waals surface area contributed by atoms with Gasteiger partial charge in [-0.3, -0.25) is 24.5 Å². The van der Waals surface area contributed by atoms with Crippen molar-refractivity contribution >= 4 is 34.1 Å². The first-order valence-electron chi connectivity index (χ1n) is 9.79. The molecule has 4 rings (SSSR count). The molecule has 160 valence electrons. The number of fused-ring (bicyclic) bond motifs is 1. The maximum Gasteiger partial charge on any atom is 0.269 e. The fourth-order valence-electron chi connectivity index (χ4n) is 3.71. The third-order valence-electron chi connectivity index (χ3n) is 5.36. The minimum atomic E-state index is -1.18. The van der Waals surface area contributed by atoms with Gasteiger partial charge in [0.1, 0.15) is 16.9 Å². The van der Waals surface area contributed by atoms with Gasteiger partial charge in [-0.05, 0) is 35.8 Å². The van der Waals surface area contributed by atoms with Crippen LogP contribution >= 0.6 is 11.6 Å². The highest BCUT2D eigenvalue weighted by molar-refractivity contribution is 6.31. The third-order valence-corrected chi connectivity index (χ3v) is 5.82. The van der Waals surface area contributed by atoms with E-state index in [0.29, 0.717) is 40.8 Å². The van der Waals surface area contributed by atoms with Crippen LogP contribution in [-0.2, 0) is 6.54 Å². The van der Waals surface area contributed by atoms with Crippen molar-refractivity contribution in [2.45, 2.75) is 19.6 Å². The number of carbonyl (C=O) groups excluding carboxylic acids is 1. The minimum absolute atomic E-state index is 0.138. The predicted molar refractivity (Wildman–Crippen MR) is 118 cm³/mol. The highest BCUT2D eigenvalue weighted by Gasteiger charge is 2.24. The van der Waals surface area contributed by atoms with Gasteiger partial charge in [-0.15, -0.1) is 0 Å². The Hall–Kier alpha value is -3.10. The molecule has 7 nitrogen and oxygen atoms in total. The van der Waals surface area contributed by atoms with E-state index in [9.17, 15) is 14.0 Å². The number of aromatic amines is 1. The second kappa shape index (κ2) is 8.56. The molecule has 1 amide bonds. The normalized spacial score (nSPS) is 16.9. The Morgan fingerprint density at radius 1 is 1.35 bits per heavy atom. The second-order valence-electron chi connectivity index (χ2n) is 7.47. The molecular weight excluding hydrogens is 421 g/mol. The number of hydrogen-bond donors (Lipinski definition) is 2. The molecule has 0 saturated heterocycles. The molecule has 0 aliphatic carbocycles. The Balaban J connectivity index is 1.51. The van der Waals surface area contributed by atoms with Crippen molar-refractivity contribution in [1.29, 1.82) is 0 Å². The number of aromatic nitrogens is 3. The molecule has 0 saturated carbocycles. The number of nitrogens with zero attached hydrogens (tertiary/aromatic N) is 3. The standard InChI is InChI=1S/C22H21ClFN5O2/c1-12-19(23)22(31)28-18-7-13(8-27-20(12)18)10-29-6-5-15(16(24)11-29)14-3-4-17(26-9-14)21(30)25-2/h3-5,7-9,16H,6,10-11H2,1-2H3,(H,25,30)(H,28,31). The Morgan fingerprint density at radius 2 is 2.16 bits per heavy atom. The maximum absolute atomic E-state index is 14.9. The Labute approximate surface area is 183 Å². The zero-order valence-electron chi connectivity index (χ0n) is 17.1. The first-order valence-corrected chi connectivity index (χ1v) is 10.2. The number of H-pyrrole nitrogens is 1. The zero-order valence-corrected chi connectivity index (χ0v) is 17.8. The topological polar surface area (TPSA) is 91.0 Å². The van der Waals surface area contributed by atoms with E-state index in [1.54, 1.807) is 25.3 Å². The zero-order chi connectivity index (χ0) is 22.1. The van der Waals surface area contributed by atoms with Crippen LogP contribution < -0.4 is 10.9 Å². The highest BCUT2D eigenvalue weighted by Crippen LogP contribution is 2.26. The molecule has 2 N–H and O–H groups in total. The largest absolute Gasteiger partial charge is 0.354 e. The summed E-state index contributed by atoms with van der Waals surface area (Å²) in [6.45, 7) is 3.02. The van der Waals surface area contributed by atoms with Crippen molar-refractivity contribution in [3.05, 3.63) is 74.4 Å². The molecule has 31 heavy (non-hydrogen) atoms. The number of pyridine rings is 3. The second-order valence-corrected chi connectivity index (χ2v) is 7.84. The van der Waals surface area contributed by atoms with Crippen molar-refractivity contribution in [2.24, 2.45) is 0 Å². The molecule has 0 spiro atoms. The van der Waals surface area contributed by atoms with Crippen molar-refractivity contribution in [3.8, 4) is 0 Å². The summed E-state index contributed by atoms with van der Waals surface area (Å²) >= 11 is 6.00. The van der Waals surface area contributed by atoms with Crippen LogP contribution in [0, 0.1) is 6.92 Å². The van der Waals surface area contributed by atoms with E-state index in [2.05, 4.69) is 20.3 Å². The number of carbonyl (C=O) groups is 1. The summed E-state index contributed by atoms with van der Waals surface area (Å²) in [5.41, 5.74) is 3.93. The summed E-state index contributed by atoms with van der Waals surface area (Å²) in [4.78, 5) is 36.8. The van der Waals surface area contributed by atoms with Crippen molar-refractivity contribution in [3.63, 3.8) is 0 Å². The first-order chi connectivity index (χ1) is 14.9. The number of halogens is 2. The van der Waals surface area contributed by atoms with E-state index < -0.39 is 6.17 Å². The van der Waals surface area contributed by atoms with E-state index in [1.165, 1.54) is 13.2 Å². The van der Waals surface area contributed by atoms with Gasteiger partial charge >= 0.3 is 0 Å². The fraction of sp³-hybridized carbons (Fsp3) is 0.273. The van der Waals surface area contributed by atoms with Crippen LogP contribution in [0.1, 0.15) is 27.2 Å². The predicted octanol–water partition coefficient (Wildman–Crippen LogP) is 2.88. The van der Waals surface area contributed by atoms with E-state index in [-0.39, 0.29) is 28.7 Å². The number of aryl methyl sites for hydroxylation is 1. The molecule has 1 unspecified atom stereocenters. The summed E-state index contributed by atoms with van der Waals surface area (Å²) in [6.07, 6.45) is 3.90. The van der Waals surface area contributed by atoms with Crippen molar-refractivity contribution in [1.82, 2.24) is 25.2 Å². The van der Waals surface area contributed by atoms with Gasteiger partial charge in [-0.1, -0.05) is 23.7 Å². The van der Waals surface area contributed by atoms with Gasteiger partial charge in [0, 0.05) is 44.6 Å². The van der Waals surface area contributed by atoms with Gasteiger partial charge in [0.2, 0.25) is 0 Å². The SMILES string of the molecule is CNC(=O)c1ccc(C2=CCN(Cc3cnc4c(C)c(Cl)c(=O)[nH]c4c3)CC2F)cn1. The lowest BCUT2D eigenvalue weighted by atomic mass is 9.98. The number of alkyl halides is 1. The number of nitrogens with one attached hydrogen (secondary N) is 2. The highest BCUT2D eigenvalue weighted by atomic mass is 35.5. The molecular formula is C22H21ClFN5O2. The maximum atomic E-state index is 14.9. The number of amides is 1. The average molecular weight is 442 g/mol. The quantitative estimate of drug-likeness (QED) is 0.649. The molecule has 9 heteroatoms. The van der Waals surface area contributed by atoms with Gasteiger partial charge < -0.3 is 10.3 Å². The molecule has 3 aromatic rings.